The third kappa shape index (κ3) is 4.55. The Balaban J connectivity index is 2.31. The molecule has 18 heavy (non-hydrogen) atoms. The number of aromatic hydroxyl groups is 1. The molecule has 0 heterocycles. The fraction of sp³-hybridized carbons (Fsp3) is 0.571. The van der Waals surface area contributed by atoms with E-state index in [-0.39, 0.29) is 12.4 Å². The Morgan fingerprint density at radius 2 is 2.17 bits per heavy atom. The first-order valence-electron chi connectivity index (χ1n) is 6.35. The first kappa shape index (κ1) is 14.8. The average molecular weight is 253 g/mol. The van der Waals surface area contributed by atoms with Gasteiger partial charge >= 0.3 is 0 Å². The lowest BCUT2D eigenvalue weighted by atomic mass is 10.1. The van der Waals surface area contributed by atoms with Gasteiger partial charge in [0.05, 0.1) is 7.11 Å². The maximum atomic E-state index is 9.87. The zero-order valence-corrected chi connectivity index (χ0v) is 11.1. The number of phenolic OH excluding ortho intramolecular Hbond substituents is 1. The average Bonchev–Trinajstić information content (AvgIpc) is 2.39. The number of nitrogens with one attached hydrogen (secondary N) is 1. The molecular formula is C14H23NO3. The van der Waals surface area contributed by atoms with Crippen LogP contribution in [0.3, 0.4) is 0 Å². The Bertz CT molecular complexity index is 355. The first-order chi connectivity index (χ1) is 8.69. The maximum Gasteiger partial charge on any atom is 0.162 e. The highest BCUT2D eigenvalue weighted by molar-refractivity contribution is 5.45. The standard InChI is InChI=1S/C14H23NO3/c1-11(10-16)5-4-8-15-9-12-6-3-7-13(18-2)14(12)17/h3,6-7,11,15-17H,4-5,8-10H2,1-2H3. The molecule has 0 aromatic heterocycles. The Morgan fingerprint density at radius 1 is 1.39 bits per heavy atom. The van der Waals surface area contributed by atoms with Gasteiger partial charge in [-0.3, -0.25) is 0 Å². The van der Waals surface area contributed by atoms with Gasteiger partial charge in [-0.2, -0.15) is 0 Å². The van der Waals surface area contributed by atoms with Gasteiger partial charge in [0.25, 0.3) is 0 Å². The van der Waals surface area contributed by atoms with Crippen LogP contribution in [0, 0.1) is 5.92 Å². The molecule has 3 N–H and O–H groups in total. The van der Waals surface area contributed by atoms with Crippen molar-refractivity contribution in [3.05, 3.63) is 23.8 Å². The third-order valence-electron chi connectivity index (χ3n) is 2.98. The fourth-order valence-corrected chi connectivity index (χ4v) is 1.77. The summed E-state index contributed by atoms with van der Waals surface area (Å²) < 4.78 is 5.05. The van der Waals surface area contributed by atoms with E-state index in [2.05, 4.69) is 5.32 Å². The van der Waals surface area contributed by atoms with Crippen LogP contribution in [-0.2, 0) is 6.54 Å². The van der Waals surface area contributed by atoms with Crippen LogP contribution in [0.15, 0.2) is 18.2 Å². The van der Waals surface area contributed by atoms with Crippen molar-refractivity contribution in [2.24, 2.45) is 5.92 Å². The number of methoxy groups -OCH3 is 1. The van der Waals surface area contributed by atoms with E-state index in [1.807, 2.05) is 19.1 Å². The SMILES string of the molecule is COc1cccc(CNCCCC(C)CO)c1O. The number of benzene rings is 1. The second-order valence-electron chi connectivity index (χ2n) is 4.57. The molecule has 0 aliphatic heterocycles. The molecule has 1 aromatic carbocycles. The van der Waals surface area contributed by atoms with E-state index >= 15 is 0 Å². The lowest BCUT2D eigenvalue weighted by molar-refractivity contribution is 0.228. The number of aliphatic hydroxyl groups excluding tert-OH is 1. The largest absolute Gasteiger partial charge is 0.504 e. The molecule has 4 heteroatoms. The Kier molecular flexibility index (Phi) is 6.54. The lowest BCUT2D eigenvalue weighted by Gasteiger charge is -2.11. The fourth-order valence-electron chi connectivity index (χ4n) is 1.77. The van der Waals surface area contributed by atoms with Crippen molar-refractivity contribution in [1.29, 1.82) is 0 Å². The van der Waals surface area contributed by atoms with Gasteiger partial charge in [-0.1, -0.05) is 19.1 Å². The minimum Gasteiger partial charge on any atom is -0.504 e. The minimum atomic E-state index is 0.205. The molecule has 0 fully saturated rings. The summed E-state index contributed by atoms with van der Waals surface area (Å²) in [6.07, 6.45) is 2.03. The zero-order valence-electron chi connectivity index (χ0n) is 11.1. The molecule has 4 nitrogen and oxygen atoms in total. The van der Waals surface area contributed by atoms with E-state index < -0.39 is 0 Å². The molecule has 1 unspecified atom stereocenters. The Morgan fingerprint density at radius 3 is 2.83 bits per heavy atom. The first-order valence-corrected chi connectivity index (χ1v) is 6.35. The number of hydrogen-bond acceptors (Lipinski definition) is 4. The van der Waals surface area contributed by atoms with Crippen LogP contribution in [0.5, 0.6) is 11.5 Å². The summed E-state index contributed by atoms with van der Waals surface area (Å²) >= 11 is 0. The third-order valence-corrected chi connectivity index (χ3v) is 2.98. The zero-order chi connectivity index (χ0) is 13.4. The molecule has 0 saturated carbocycles. The van der Waals surface area contributed by atoms with Gasteiger partial charge in [0.1, 0.15) is 0 Å². The van der Waals surface area contributed by atoms with Crippen molar-refractivity contribution in [2.45, 2.75) is 26.3 Å². The predicted molar refractivity (Wildman–Crippen MR) is 71.8 cm³/mol. The van der Waals surface area contributed by atoms with Crippen LogP contribution in [0.4, 0.5) is 0 Å². The molecule has 1 atom stereocenters. The van der Waals surface area contributed by atoms with E-state index in [9.17, 15) is 5.11 Å². The van der Waals surface area contributed by atoms with E-state index in [1.54, 1.807) is 13.2 Å². The molecule has 0 spiro atoms. The van der Waals surface area contributed by atoms with Gasteiger partial charge in [-0.15, -0.1) is 0 Å². The van der Waals surface area contributed by atoms with Gasteiger partial charge < -0.3 is 20.3 Å². The molecule has 0 aliphatic rings. The number of ether oxygens (including phenoxy) is 1. The number of phenols is 1. The number of para-hydroxylation sites is 1. The van der Waals surface area contributed by atoms with Gasteiger partial charge in [0, 0.05) is 18.7 Å². The van der Waals surface area contributed by atoms with E-state index in [0.717, 1.165) is 24.9 Å². The molecule has 102 valence electrons. The highest BCUT2D eigenvalue weighted by atomic mass is 16.5. The highest BCUT2D eigenvalue weighted by Gasteiger charge is 2.06. The lowest BCUT2D eigenvalue weighted by Crippen LogP contribution is -2.16. The van der Waals surface area contributed by atoms with E-state index in [4.69, 9.17) is 9.84 Å². The van der Waals surface area contributed by atoms with Crippen LogP contribution < -0.4 is 10.1 Å². The van der Waals surface area contributed by atoms with Crippen molar-refractivity contribution in [3.63, 3.8) is 0 Å². The summed E-state index contributed by atoms with van der Waals surface area (Å²) in [7, 11) is 1.54. The van der Waals surface area contributed by atoms with Crippen LogP contribution in [-0.4, -0.2) is 30.5 Å². The van der Waals surface area contributed by atoms with Gasteiger partial charge in [0.15, 0.2) is 11.5 Å². The summed E-state index contributed by atoms with van der Waals surface area (Å²) in [5.74, 6) is 1.07. The van der Waals surface area contributed by atoms with Crippen LogP contribution in [0.2, 0.25) is 0 Å². The maximum absolute atomic E-state index is 9.87. The summed E-state index contributed by atoms with van der Waals surface area (Å²) in [6, 6.07) is 5.48. The second kappa shape index (κ2) is 7.95. The van der Waals surface area contributed by atoms with Crippen molar-refractivity contribution >= 4 is 0 Å². The van der Waals surface area contributed by atoms with Crippen LogP contribution >= 0.6 is 0 Å². The highest BCUT2D eigenvalue weighted by Crippen LogP contribution is 2.28. The summed E-state index contributed by atoms with van der Waals surface area (Å²) in [5, 5.41) is 22.0. The molecule has 1 rings (SSSR count). The smallest absolute Gasteiger partial charge is 0.162 e. The van der Waals surface area contributed by atoms with Gasteiger partial charge in [0.2, 0.25) is 0 Å². The van der Waals surface area contributed by atoms with E-state index in [1.165, 1.54) is 0 Å². The van der Waals surface area contributed by atoms with Gasteiger partial charge in [-0.05, 0) is 31.4 Å². The topological polar surface area (TPSA) is 61.7 Å². The molecular weight excluding hydrogens is 230 g/mol. The van der Waals surface area contributed by atoms with Crippen molar-refractivity contribution in [2.75, 3.05) is 20.3 Å². The van der Waals surface area contributed by atoms with Crippen molar-refractivity contribution in [3.8, 4) is 11.5 Å². The monoisotopic (exact) mass is 253 g/mol. The molecule has 0 radical (unpaired) electrons. The molecule has 0 saturated heterocycles. The summed E-state index contributed by atoms with van der Waals surface area (Å²) in [5.41, 5.74) is 0.838. The Labute approximate surface area is 109 Å². The number of rotatable bonds is 8. The number of aliphatic hydroxyl groups is 1. The van der Waals surface area contributed by atoms with Crippen molar-refractivity contribution < 1.29 is 14.9 Å². The minimum absolute atomic E-state index is 0.205. The van der Waals surface area contributed by atoms with Crippen LogP contribution in [0.25, 0.3) is 0 Å². The van der Waals surface area contributed by atoms with Crippen LogP contribution in [0.1, 0.15) is 25.3 Å². The predicted octanol–water partition coefficient (Wildman–Crippen LogP) is 1.90. The van der Waals surface area contributed by atoms with Crippen molar-refractivity contribution in [1.82, 2.24) is 5.32 Å². The number of hydrogen-bond donors (Lipinski definition) is 3. The summed E-state index contributed by atoms with van der Waals surface area (Å²) in [4.78, 5) is 0. The van der Waals surface area contributed by atoms with Gasteiger partial charge in [-0.25, -0.2) is 0 Å². The second-order valence-corrected chi connectivity index (χ2v) is 4.57. The quantitative estimate of drug-likeness (QED) is 0.619. The normalized spacial score (nSPS) is 12.4. The Hall–Kier alpha value is -1.26. The molecule has 1 aromatic rings. The summed E-state index contributed by atoms with van der Waals surface area (Å²) in [6.45, 7) is 3.78. The molecule has 0 bridgehead atoms. The van der Waals surface area contributed by atoms with E-state index in [0.29, 0.717) is 18.2 Å². The molecule has 0 aliphatic carbocycles. The molecule has 0 amide bonds.